The Morgan fingerprint density at radius 1 is 1.03 bits per heavy atom. The second-order valence-electron chi connectivity index (χ2n) is 9.74. The second kappa shape index (κ2) is 11.5. The summed E-state index contributed by atoms with van der Waals surface area (Å²) in [5.41, 5.74) is 5.25. The summed E-state index contributed by atoms with van der Waals surface area (Å²) < 4.78 is 5.38. The highest BCUT2D eigenvalue weighted by Crippen LogP contribution is 2.21. The van der Waals surface area contributed by atoms with Crippen molar-refractivity contribution in [1.29, 1.82) is 0 Å². The van der Waals surface area contributed by atoms with Crippen LogP contribution < -0.4 is 5.32 Å². The molecule has 36 heavy (non-hydrogen) atoms. The molecule has 1 fully saturated rings. The van der Waals surface area contributed by atoms with Crippen LogP contribution in [0.5, 0.6) is 0 Å². The molecule has 2 aromatic carbocycles. The van der Waals surface area contributed by atoms with Gasteiger partial charge in [-0.2, -0.15) is 4.98 Å². The van der Waals surface area contributed by atoms with Gasteiger partial charge in [-0.25, -0.2) is 0 Å². The van der Waals surface area contributed by atoms with Crippen molar-refractivity contribution < 1.29 is 14.1 Å². The van der Waals surface area contributed by atoms with E-state index in [-0.39, 0.29) is 11.8 Å². The monoisotopic (exact) mass is 489 g/mol. The van der Waals surface area contributed by atoms with E-state index in [9.17, 15) is 9.59 Å². The van der Waals surface area contributed by atoms with E-state index in [1.165, 1.54) is 5.56 Å². The number of rotatable bonds is 8. The molecule has 2 heterocycles. The minimum atomic E-state index is -0.0329. The van der Waals surface area contributed by atoms with Crippen molar-refractivity contribution in [1.82, 2.24) is 19.9 Å². The van der Waals surface area contributed by atoms with Crippen LogP contribution in [-0.4, -0.2) is 64.5 Å². The van der Waals surface area contributed by atoms with Gasteiger partial charge < -0.3 is 14.7 Å². The zero-order chi connectivity index (χ0) is 25.7. The number of nitrogens with zero attached hydrogens (tertiary/aromatic N) is 4. The third kappa shape index (κ3) is 6.37. The molecule has 0 unspecified atom stereocenters. The van der Waals surface area contributed by atoms with E-state index < -0.39 is 0 Å². The van der Waals surface area contributed by atoms with Crippen LogP contribution in [0, 0.1) is 13.8 Å². The first-order valence-corrected chi connectivity index (χ1v) is 12.6. The van der Waals surface area contributed by atoms with E-state index in [0.717, 1.165) is 22.4 Å². The van der Waals surface area contributed by atoms with Crippen molar-refractivity contribution in [2.24, 2.45) is 0 Å². The summed E-state index contributed by atoms with van der Waals surface area (Å²) in [5, 5.41) is 7.08. The summed E-state index contributed by atoms with van der Waals surface area (Å²) in [4.78, 5) is 33.6. The maximum atomic E-state index is 12.7. The quantitative estimate of drug-likeness (QED) is 0.510. The lowest BCUT2D eigenvalue weighted by atomic mass is 10.0. The Bertz CT molecular complexity index is 1190. The average Bonchev–Trinajstić information content (AvgIpc) is 3.35. The Labute approximate surface area is 212 Å². The van der Waals surface area contributed by atoms with Gasteiger partial charge in [0.25, 0.3) is 0 Å². The number of hydrogen-bond acceptors (Lipinski definition) is 6. The minimum absolute atomic E-state index is 0.0329. The lowest BCUT2D eigenvalue weighted by Crippen LogP contribution is -2.50. The van der Waals surface area contributed by atoms with E-state index >= 15 is 0 Å². The minimum Gasteiger partial charge on any atom is -0.340 e. The molecule has 4 rings (SSSR count). The molecule has 8 nitrogen and oxygen atoms in total. The van der Waals surface area contributed by atoms with E-state index in [0.29, 0.717) is 63.2 Å². The highest BCUT2D eigenvalue weighted by atomic mass is 16.5. The summed E-state index contributed by atoms with van der Waals surface area (Å²) in [7, 11) is 0. The number of nitrogens with one attached hydrogen (secondary N) is 1. The molecule has 0 spiro atoms. The second-order valence-corrected chi connectivity index (χ2v) is 9.74. The Balaban J connectivity index is 1.21. The van der Waals surface area contributed by atoms with Crippen LogP contribution in [-0.2, 0) is 16.0 Å². The van der Waals surface area contributed by atoms with Crippen molar-refractivity contribution in [3.63, 3.8) is 0 Å². The molecule has 1 aromatic heterocycles. The smallest absolute Gasteiger partial charge is 0.238 e. The van der Waals surface area contributed by atoms with Crippen LogP contribution in [0.2, 0.25) is 0 Å². The predicted octanol–water partition coefficient (Wildman–Crippen LogP) is 4.19. The number of piperazine rings is 1. The molecule has 8 heteroatoms. The summed E-state index contributed by atoms with van der Waals surface area (Å²) >= 11 is 0. The molecule has 0 radical (unpaired) electrons. The van der Waals surface area contributed by atoms with Gasteiger partial charge in [-0.1, -0.05) is 55.4 Å². The van der Waals surface area contributed by atoms with Crippen molar-refractivity contribution in [2.75, 3.05) is 38.0 Å². The molecule has 2 amide bonds. The number of hydrogen-bond donors (Lipinski definition) is 1. The molecule has 0 aliphatic carbocycles. The summed E-state index contributed by atoms with van der Waals surface area (Å²) in [6, 6.07) is 14.0. The van der Waals surface area contributed by atoms with Gasteiger partial charge in [-0.15, -0.1) is 0 Å². The van der Waals surface area contributed by atoms with Gasteiger partial charge in [-0.3, -0.25) is 14.5 Å². The third-order valence-corrected chi connectivity index (χ3v) is 6.83. The maximum Gasteiger partial charge on any atom is 0.238 e. The fraction of sp³-hybridized carbons (Fsp3) is 0.429. The molecule has 0 saturated carbocycles. The van der Waals surface area contributed by atoms with Crippen molar-refractivity contribution in [3.8, 4) is 11.4 Å². The summed E-state index contributed by atoms with van der Waals surface area (Å²) in [6.45, 7) is 11.2. The Morgan fingerprint density at radius 3 is 2.44 bits per heavy atom. The zero-order valence-electron chi connectivity index (χ0n) is 21.6. The maximum absolute atomic E-state index is 12.7. The molecule has 0 atom stereocenters. The van der Waals surface area contributed by atoms with Crippen molar-refractivity contribution in [3.05, 3.63) is 65.0 Å². The van der Waals surface area contributed by atoms with Gasteiger partial charge in [0.2, 0.25) is 23.5 Å². The predicted molar refractivity (Wildman–Crippen MR) is 140 cm³/mol. The van der Waals surface area contributed by atoms with E-state index in [1.807, 2.05) is 49.1 Å². The molecule has 1 N–H and O–H groups in total. The van der Waals surface area contributed by atoms with Crippen LogP contribution in [0.1, 0.15) is 48.8 Å². The van der Waals surface area contributed by atoms with E-state index in [4.69, 9.17) is 4.52 Å². The fourth-order valence-corrected chi connectivity index (χ4v) is 4.30. The van der Waals surface area contributed by atoms with Crippen molar-refractivity contribution >= 4 is 17.5 Å². The molecule has 1 aliphatic heterocycles. The van der Waals surface area contributed by atoms with Crippen molar-refractivity contribution in [2.45, 2.75) is 46.5 Å². The Hall–Kier alpha value is -3.52. The molecule has 190 valence electrons. The van der Waals surface area contributed by atoms with Gasteiger partial charge in [0.1, 0.15) is 0 Å². The topological polar surface area (TPSA) is 91.6 Å². The third-order valence-electron chi connectivity index (χ3n) is 6.83. The highest BCUT2D eigenvalue weighted by Gasteiger charge is 2.23. The van der Waals surface area contributed by atoms with Gasteiger partial charge in [0.05, 0.1) is 6.54 Å². The molecule has 0 bridgehead atoms. The number of benzene rings is 2. The average molecular weight is 490 g/mol. The number of amides is 2. The van der Waals surface area contributed by atoms with Crippen LogP contribution >= 0.6 is 0 Å². The normalized spacial score (nSPS) is 14.3. The largest absolute Gasteiger partial charge is 0.340 e. The van der Waals surface area contributed by atoms with Gasteiger partial charge >= 0.3 is 0 Å². The highest BCUT2D eigenvalue weighted by molar-refractivity contribution is 5.93. The summed E-state index contributed by atoms with van der Waals surface area (Å²) in [5.74, 6) is 1.51. The molecular weight excluding hydrogens is 454 g/mol. The number of anilines is 1. The van der Waals surface area contributed by atoms with Crippen LogP contribution in [0.15, 0.2) is 47.0 Å². The van der Waals surface area contributed by atoms with Gasteiger partial charge in [0.15, 0.2) is 0 Å². The lowest BCUT2D eigenvalue weighted by Gasteiger charge is -2.34. The van der Waals surface area contributed by atoms with Crippen LogP contribution in [0.25, 0.3) is 11.4 Å². The van der Waals surface area contributed by atoms with Crippen LogP contribution in [0.3, 0.4) is 0 Å². The first-order chi connectivity index (χ1) is 17.3. The number of carbonyl (C=O) groups excluding carboxylic acids is 2. The summed E-state index contributed by atoms with van der Waals surface area (Å²) in [6.07, 6.45) is 0.732. The number of aryl methyl sites for hydroxylation is 2. The Morgan fingerprint density at radius 2 is 1.75 bits per heavy atom. The first kappa shape index (κ1) is 25.6. The van der Waals surface area contributed by atoms with E-state index in [2.05, 4.69) is 46.3 Å². The molecular formula is C28H35N5O3. The molecule has 1 saturated heterocycles. The Kier molecular flexibility index (Phi) is 8.15. The number of carbonyl (C=O) groups is 2. The SMILES string of the molecule is Cc1cccc(NC(=O)CN2CCN(C(=O)CCc3nc(-c4ccc(C(C)C)cc4)no3)CC2)c1C. The molecule has 1 aliphatic rings. The first-order valence-electron chi connectivity index (χ1n) is 12.6. The van der Waals surface area contributed by atoms with Crippen LogP contribution in [0.4, 0.5) is 5.69 Å². The zero-order valence-corrected chi connectivity index (χ0v) is 21.6. The fourth-order valence-electron chi connectivity index (χ4n) is 4.30. The van der Waals surface area contributed by atoms with Gasteiger partial charge in [-0.05, 0) is 42.5 Å². The lowest BCUT2D eigenvalue weighted by molar-refractivity contribution is -0.133. The number of aromatic nitrogens is 2. The van der Waals surface area contributed by atoms with E-state index in [1.54, 1.807) is 0 Å². The van der Waals surface area contributed by atoms with Gasteiger partial charge in [0, 0.05) is 50.3 Å². The molecule has 3 aromatic rings. The standard InChI is InChI=1S/C28H35N5O3/c1-19(2)22-8-10-23(11-9-22)28-30-26(36-31-28)12-13-27(35)33-16-14-32(15-17-33)18-25(34)29-24-7-5-6-20(3)21(24)4/h5-11,19H,12-18H2,1-4H3,(H,29,34).